The van der Waals surface area contributed by atoms with E-state index in [0.717, 1.165) is 80.9 Å². The van der Waals surface area contributed by atoms with Crippen molar-refractivity contribution in [2.75, 3.05) is 44.2 Å². The van der Waals surface area contributed by atoms with Crippen LogP contribution in [0, 0.1) is 0 Å². The van der Waals surface area contributed by atoms with Gasteiger partial charge in [0.25, 0.3) is 0 Å². The number of guanidine groups is 1. The van der Waals surface area contributed by atoms with Gasteiger partial charge in [-0.2, -0.15) is 0 Å². The number of anilines is 1. The number of likely N-dealkylation sites (N-methyl/N-ethyl adjacent to an activating group) is 1. The van der Waals surface area contributed by atoms with Crippen molar-refractivity contribution in [2.24, 2.45) is 4.99 Å². The van der Waals surface area contributed by atoms with E-state index in [-0.39, 0.29) is 24.0 Å². The number of pyridine rings is 1. The van der Waals surface area contributed by atoms with Crippen molar-refractivity contribution in [1.82, 2.24) is 25.7 Å². The quantitative estimate of drug-likeness (QED) is 0.255. The number of piperazine rings is 1. The van der Waals surface area contributed by atoms with E-state index in [2.05, 4.69) is 70.4 Å². The van der Waals surface area contributed by atoms with Crippen LogP contribution >= 0.6 is 24.0 Å². The number of nitrogens with one attached hydrogen (secondary N) is 2. The SMILES string of the molecule is CCNC(=NCc1ccnc(N2CCN(CC)CC2)c1)NCc1cc(C(CC)CC)no1.I. The molecule has 0 aromatic carbocycles. The summed E-state index contributed by atoms with van der Waals surface area (Å²) in [5, 5.41) is 10.9. The first-order valence-corrected chi connectivity index (χ1v) is 12.1. The van der Waals surface area contributed by atoms with Crippen LogP contribution in [0.3, 0.4) is 0 Å². The Morgan fingerprint density at radius 1 is 1.09 bits per heavy atom. The molecule has 0 spiro atoms. The summed E-state index contributed by atoms with van der Waals surface area (Å²) in [6.45, 7) is 15.9. The van der Waals surface area contributed by atoms with Gasteiger partial charge in [0, 0.05) is 50.9 Å². The number of aliphatic imine (C=N–C) groups is 1. The largest absolute Gasteiger partial charge is 0.359 e. The van der Waals surface area contributed by atoms with Gasteiger partial charge in [-0.15, -0.1) is 24.0 Å². The molecule has 0 radical (unpaired) electrons. The summed E-state index contributed by atoms with van der Waals surface area (Å²) in [5.41, 5.74) is 2.19. The van der Waals surface area contributed by atoms with Crippen molar-refractivity contribution >= 4 is 35.8 Å². The lowest BCUT2D eigenvalue weighted by Crippen LogP contribution is -2.46. The summed E-state index contributed by atoms with van der Waals surface area (Å²) in [6, 6.07) is 6.26. The maximum absolute atomic E-state index is 5.53. The number of halogens is 1. The first kappa shape index (κ1) is 27.4. The van der Waals surface area contributed by atoms with Crippen LogP contribution in [0.25, 0.3) is 0 Å². The highest BCUT2D eigenvalue weighted by Crippen LogP contribution is 2.22. The van der Waals surface area contributed by atoms with Gasteiger partial charge in [0.15, 0.2) is 11.7 Å². The minimum absolute atomic E-state index is 0. The number of hydrogen-bond acceptors (Lipinski definition) is 6. The summed E-state index contributed by atoms with van der Waals surface area (Å²) >= 11 is 0. The third-order valence-corrected chi connectivity index (χ3v) is 6.13. The van der Waals surface area contributed by atoms with Crippen molar-refractivity contribution in [2.45, 2.75) is 59.5 Å². The van der Waals surface area contributed by atoms with Crippen LogP contribution in [0.1, 0.15) is 63.5 Å². The second kappa shape index (κ2) is 14.4. The van der Waals surface area contributed by atoms with Gasteiger partial charge in [0.2, 0.25) is 0 Å². The van der Waals surface area contributed by atoms with E-state index in [9.17, 15) is 0 Å². The predicted octanol–water partition coefficient (Wildman–Crippen LogP) is 3.99. The maximum Gasteiger partial charge on any atom is 0.191 e. The van der Waals surface area contributed by atoms with Crippen LogP contribution in [0.4, 0.5) is 5.82 Å². The molecule has 9 heteroatoms. The molecule has 0 aliphatic carbocycles. The molecular weight excluding hydrogens is 529 g/mol. The standard InChI is InChI=1S/C24H39N7O.HI/c1-5-20(6-2)22-16-21(32-29-22)18-28-24(25-7-3)27-17-19-9-10-26-23(15-19)31-13-11-30(8-4)12-14-31;/h9-10,15-16,20H,5-8,11-14,17-18H2,1-4H3,(H2,25,27,28);1H. The Morgan fingerprint density at radius 2 is 1.85 bits per heavy atom. The topological polar surface area (TPSA) is 81.8 Å². The molecule has 3 rings (SSSR count). The normalized spacial score (nSPS) is 14.9. The molecule has 1 aliphatic heterocycles. The molecule has 1 fully saturated rings. The van der Waals surface area contributed by atoms with Crippen LogP contribution in [0.5, 0.6) is 0 Å². The lowest BCUT2D eigenvalue weighted by Gasteiger charge is -2.34. The molecule has 2 N–H and O–H groups in total. The first-order valence-electron chi connectivity index (χ1n) is 12.1. The van der Waals surface area contributed by atoms with E-state index in [1.807, 2.05) is 12.3 Å². The molecule has 0 bridgehead atoms. The molecule has 0 saturated carbocycles. The molecule has 3 heterocycles. The van der Waals surface area contributed by atoms with Gasteiger partial charge in [0.1, 0.15) is 5.82 Å². The van der Waals surface area contributed by atoms with Crippen LogP contribution in [0.2, 0.25) is 0 Å². The van der Waals surface area contributed by atoms with E-state index in [1.165, 1.54) is 0 Å². The number of rotatable bonds is 10. The Morgan fingerprint density at radius 3 is 2.52 bits per heavy atom. The third kappa shape index (κ3) is 8.13. The fourth-order valence-electron chi connectivity index (χ4n) is 4.02. The minimum Gasteiger partial charge on any atom is -0.359 e. The molecule has 2 aromatic rings. The Hall–Kier alpha value is -1.88. The van der Waals surface area contributed by atoms with Gasteiger partial charge >= 0.3 is 0 Å². The van der Waals surface area contributed by atoms with Gasteiger partial charge in [-0.3, -0.25) is 0 Å². The van der Waals surface area contributed by atoms with E-state index >= 15 is 0 Å². The molecular formula is C24H40IN7O. The molecule has 2 aromatic heterocycles. The van der Waals surface area contributed by atoms with Gasteiger partial charge in [-0.05, 0) is 44.0 Å². The zero-order valence-corrected chi connectivity index (χ0v) is 22.8. The Balaban J connectivity index is 0.00000385. The van der Waals surface area contributed by atoms with Crippen LogP contribution in [-0.4, -0.2) is 60.3 Å². The van der Waals surface area contributed by atoms with Crippen LogP contribution in [-0.2, 0) is 13.1 Å². The van der Waals surface area contributed by atoms with E-state index in [1.54, 1.807) is 0 Å². The van der Waals surface area contributed by atoms with E-state index in [4.69, 9.17) is 9.52 Å². The Bertz CT molecular complexity index is 845. The molecule has 0 atom stereocenters. The fraction of sp³-hybridized carbons (Fsp3) is 0.625. The number of aromatic nitrogens is 2. The van der Waals surface area contributed by atoms with E-state index < -0.39 is 0 Å². The Kier molecular flexibility index (Phi) is 11.9. The fourth-order valence-corrected chi connectivity index (χ4v) is 4.02. The first-order chi connectivity index (χ1) is 15.7. The minimum atomic E-state index is 0. The number of hydrogen-bond donors (Lipinski definition) is 2. The van der Waals surface area contributed by atoms with Gasteiger partial charge in [-0.1, -0.05) is 25.9 Å². The zero-order valence-electron chi connectivity index (χ0n) is 20.5. The van der Waals surface area contributed by atoms with Crippen LogP contribution < -0.4 is 15.5 Å². The highest BCUT2D eigenvalue weighted by molar-refractivity contribution is 14.0. The molecule has 0 unspecified atom stereocenters. The smallest absolute Gasteiger partial charge is 0.191 e. The molecule has 1 saturated heterocycles. The molecule has 33 heavy (non-hydrogen) atoms. The Labute approximate surface area is 215 Å². The third-order valence-electron chi connectivity index (χ3n) is 6.13. The second-order valence-electron chi connectivity index (χ2n) is 8.22. The average molecular weight is 570 g/mol. The molecule has 184 valence electrons. The lowest BCUT2D eigenvalue weighted by atomic mass is 9.99. The van der Waals surface area contributed by atoms with Crippen LogP contribution in [0.15, 0.2) is 33.9 Å². The summed E-state index contributed by atoms with van der Waals surface area (Å²) in [5.74, 6) is 3.10. The van der Waals surface area contributed by atoms with Crippen molar-refractivity contribution in [3.05, 3.63) is 41.4 Å². The maximum atomic E-state index is 5.53. The van der Waals surface area contributed by atoms with E-state index in [0.29, 0.717) is 19.0 Å². The van der Waals surface area contributed by atoms with Crippen molar-refractivity contribution in [1.29, 1.82) is 0 Å². The summed E-state index contributed by atoms with van der Waals surface area (Å²) < 4.78 is 5.53. The zero-order chi connectivity index (χ0) is 22.8. The highest BCUT2D eigenvalue weighted by atomic mass is 127. The van der Waals surface area contributed by atoms with Gasteiger partial charge < -0.3 is 25.0 Å². The van der Waals surface area contributed by atoms with Gasteiger partial charge in [0.05, 0.1) is 18.8 Å². The average Bonchev–Trinajstić information content (AvgIpc) is 3.30. The summed E-state index contributed by atoms with van der Waals surface area (Å²) in [7, 11) is 0. The lowest BCUT2D eigenvalue weighted by molar-refractivity contribution is 0.270. The summed E-state index contributed by atoms with van der Waals surface area (Å²) in [6.07, 6.45) is 4.03. The molecule has 0 amide bonds. The predicted molar refractivity (Wildman–Crippen MR) is 145 cm³/mol. The van der Waals surface area contributed by atoms with Crippen molar-refractivity contribution in [3.8, 4) is 0 Å². The highest BCUT2D eigenvalue weighted by Gasteiger charge is 2.17. The molecule has 8 nitrogen and oxygen atoms in total. The van der Waals surface area contributed by atoms with Crippen molar-refractivity contribution < 1.29 is 4.52 Å². The second-order valence-corrected chi connectivity index (χ2v) is 8.22. The molecule has 1 aliphatic rings. The summed E-state index contributed by atoms with van der Waals surface area (Å²) in [4.78, 5) is 14.2. The van der Waals surface area contributed by atoms with Gasteiger partial charge in [-0.25, -0.2) is 9.98 Å². The number of nitrogens with zero attached hydrogens (tertiary/aromatic N) is 5. The monoisotopic (exact) mass is 569 g/mol. The van der Waals surface area contributed by atoms with Crippen molar-refractivity contribution in [3.63, 3.8) is 0 Å².